The van der Waals surface area contributed by atoms with Gasteiger partial charge in [-0.3, -0.25) is 4.79 Å². The molecular weight excluding hydrogens is 302 g/mol. The van der Waals surface area contributed by atoms with E-state index in [1.165, 1.54) is 11.3 Å². The van der Waals surface area contributed by atoms with E-state index in [-0.39, 0.29) is 6.42 Å². The molecule has 3 nitrogen and oxygen atoms in total. The molecule has 1 aromatic heterocycles. The molecule has 100 valence electrons. The molecule has 1 N–H and O–H groups in total. The molecule has 19 heavy (non-hydrogen) atoms. The third-order valence-corrected chi connectivity index (χ3v) is 5.04. The lowest BCUT2D eigenvalue weighted by Crippen LogP contribution is -1.99. The Labute approximate surface area is 124 Å². The van der Waals surface area contributed by atoms with Gasteiger partial charge in [-0.25, -0.2) is 4.98 Å². The number of benzene rings is 1. The number of thiazole rings is 1. The number of aliphatic carboxylic acids is 1. The smallest absolute Gasteiger partial charge is 0.308 e. The van der Waals surface area contributed by atoms with Gasteiger partial charge in [0.15, 0.2) is 4.34 Å². The molecule has 2 aromatic rings. The SMILES string of the molecule is Cc1nc(SCc2cccc(Cl)c2)sc1CC(=O)O. The standard InChI is InChI=1S/C13H12ClNO2S2/c1-8-11(6-12(16)17)19-13(15-8)18-7-9-3-2-4-10(14)5-9/h2-5H,6-7H2,1H3,(H,16,17). The number of nitrogens with zero attached hydrogens (tertiary/aromatic N) is 1. The Hall–Kier alpha value is -1.04. The van der Waals surface area contributed by atoms with Crippen molar-refractivity contribution in [2.24, 2.45) is 0 Å². The summed E-state index contributed by atoms with van der Waals surface area (Å²) in [5, 5.41) is 9.52. The van der Waals surface area contributed by atoms with Crippen molar-refractivity contribution in [3.8, 4) is 0 Å². The molecule has 2 rings (SSSR count). The molecule has 0 bridgehead atoms. The number of carboxylic acids is 1. The molecule has 0 amide bonds. The molecule has 1 heterocycles. The molecule has 0 spiro atoms. The third-order valence-electron chi connectivity index (χ3n) is 2.44. The molecule has 1 aromatic carbocycles. The van der Waals surface area contributed by atoms with Crippen molar-refractivity contribution in [3.05, 3.63) is 45.4 Å². The first-order valence-electron chi connectivity index (χ1n) is 5.60. The maximum absolute atomic E-state index is 10.7. The number of aromatic nitrogens is 1. The van der Waals surface area contributed by atoms with Gasteiger partial charge < -0.3 is 5.11 Å². The lowest BCUT2D eigenvalue weighted by atomic mass is 10.2. The highest BCUT2D eigenvalue weighted by molar-refractivity contribution is 8.00. The number of thioether (sulfide) groups is 1. The molecule has 0 aliphatic rings. The second-order valence-corrected chi connectivity index (χ2v) is 6.72. The maximum atomic E-state index is 10.7. The topological polar surface area (TPSA) is 50.2 Å². The van der Waals surface area contributed by atoms with Crippen molar-refractivity contribution >= 4 is 40.7 Å². The number of carbonyl (C=O) groups is 1. The summed E-state index contributed by atoms with van der Waals surface area (Å²) in [4.78, 5) is 15.9. The molecule has 0 radical (unpaired) electrons. The highest BCUT2D eigenvalue weighted by Crippen LogP contribution is 2.30. The van der Waals surface area contributed by atoms with Gasteiger partial charge in [0.05, 0.1) is 12.1 Å². The fourth-order valence-electron chi connectivity index (χ4n) is 1.54. The fourth-order valence-corrected chi connectivity index (χ4v) is 3.92. The summed E-state index contributed by atoms with van der Waals surface area (Å²) in [6.45, 7) is 1.85. The van der Waals surface area contributed by atoms with E-state index in [1.54, 1.807) is 11.8 Å². The van der Waals surface area contributed by atoms with Gasteiger partial charge in [-0.05, 0) is 24.6 Å². The lowest BCUT2D eigenvalue weighted by molar-refractivity contribution is -0.136. The average molecular weight is 314 g/mol. The van der Waals surface area contributed by atoms with E-state index in [4.69, 9.17) is 16.7 Å². The molecule has 0 unspecified atom stereocenters. The zero-order chi connectivity index (χ0) is 13.8. The highest BCUT2D eigenvalue weighted by atomic mass is 35.5. The van der Waals surface area contributed by atoms with Gasteiger partial charge in [-0.1, -0.05) is 35.5 Å². The van der Waals surface area contributed by atoms with E-state index in [2.05, 4.69) is 4.98 Å². The van der Waals surface area contributed by atoms with E-state index in [1.807, 2.05) is 31.2 Å². The van der Waals surface area contributed by atoms with Crippen LogP contribution in [0.2, 0.25) is 5.02 Å². The number of carboxylic acid groups (broad SMARTS) is 1. The first-order valence-corrected chi connectivity index (χ1v) is 7.78. The summed E-state index contributed by atoms with van der Waals surface area (Å²) in [6, 6.07) is 7.69. The zero-order valence-electron chi connectivity index (χ0n) is 10.2. The Morgan fingerprint density at radius 1 is 1.53 bits per heavy atom. The Balaban J connectivity index is 2.02. The van der Waals surface area contributed by atoms with Gasteiger partial charge in [-0.15, -0.1) is 11.3 Å². The van der Waals surface area contributed by atoms with Crippen LogP contribution in [0.4, 0.5) is 0 Å². The predicted octanol–water partition coefficient (Wildman–Crippen LogP) is 4.02. The van der Waals surface area contributed by atoms with Crippen molar-refractivity contribution < 1.29 is 9.90 Å². The fraction of sp³-hybridized carbons (Fsp3) is 0.231. The second-order valence-electron chi connectivity index (χ2n) is 3.98. The number of hydrogen-bond acceptors (Lipinski definition) is 4. The average Bonchev–Trinajstić information content (AvgIpc) is 2.67. The van der Waals surface area contributed by atoms with Crippen molar-refractivity contribution in [2.45, 2.75) is 23.4 Å². The van der Waals surface area contributed by atoms with E-state index in [9.17, 15) is 4.79 Å². The summed E-state index contributed by atoms with van der Waals surface area (Å²) in [5.41, 5.74) is 1.94. The summed E-state index contributed by atoms with van der Waals surface area (Å²) in [5.74, 6) is -0.0434. The van der Waals surface area contributed by atoms with Gasteiger partial charge in [0, 0.05) is 15.7 Å². The molecule has 0 aliphatic heterocycles. The van der Waals surface area contributed by atoms with Crippen LogP contribution in [-0.4, -0.2) is 16.1 Å². The Morgan fingerprint density at radius 3 is 3.00 bits per heavy atom. The Kier molecular flexibility index (Phi) is 4.85. The van der Waals surface area contributed by atoms with Gasteiger partial charge in [-0.2, -0.15) is 0 Å². The molecule has 0 saturated heterocycles. The first kappa shape index (κ1) is 14.4. The van der Waals surface area contributed by atoms with Crippen LogP contribution in [0.25, 0.3) is 0 Å². The van der Waals surface area contributed by atoms with Crippen molar-refractivity contribution in [3.63, 3.8) is 0 Å². The van der Waals surface area contributed by atoms with Crippen LogP contribution in [0.1, 0.15) is 16.1 Å². The maximum Gasteiger partial charge on any atom is 0.308 e. The predicted molar refractivity (Wildman–Crippen MR) is 79.2 cm³/mol. The number of aryl methyl sites for hydroxylation is 1. The summed E-state index contributed by atoms with van der Waals surface area (Å²) >= 11 is 8.98. The quantitative estimate of drug-likeness (QED) is 0.847. The van der Waals surface area contributed by atoms with E-state index >= 15 is 0 Å². The minimum absolute atomic E-state index is 0.0429. The monoisotopic (exact) mass is 313 g/mol. The van der Waals surface area contributed by atoms with Gasteiger partial charge in [0.25, 0.3) is 0 Å². The molecule has 6 heteroatoms. The third kappa shape index (κ3) is 4.23. The van der Waals surface area contributed by atoms with Crippen molar-refractivity contribution in [1.29, 1.82) is 0 Å². The van der Waals surface area contributed by atoms with Crippen LogP contribution >= 0.6 is 34.7 Å². The zero-order valence-corrected chi connectivity index (χ0v) is 12.6. The first-order chi connectivity index (χ1) is 9.04. The minimum atomic E-state index is -0.821. The van der Waals surface area contributed by atoms with Crippen molar-refractivity contribution in [2.75, 3.05) is 0 Å². The summed E-state index contributed by atoms with van der Waals surface area (Å²) in [7, 11) is 0. The van der Waals surface area contributed by atoms with E-state index in [0.29, 0.717) is 0 Å². The molecule has 0 saturated carbocycles. The van der Waals surface area contributed by atoms with Crippen LogP contribution in [0.5, 0.6) is 0 Å². The lowest BCUT2D eigenvalue weighted by Gasteiger charge is -1.99. The Bertz CT molecular complexity index is 598. The molecule has 0 aliphatic carbocycles. The van der Waals surface area contributed by atoms with Crippen LogP contribution in [0.15, 0.2) is 28.6 Å². The normalized spacial score (nSPS) is 10.6. The van der Waals surface area contributed by atoms with Gasteiger partial charge in [0.1, 0.15) is 0 Å². The number of halogens is 1. The Morgan fingerprint density at radius 2 is 2.32 bits per heavy atom. The van der Waals surface area contributed by atoms with Gasteiger partial charge in [0.2, 0.25) is 0 Å². The van der Waals surface area contributed by atoms with Crippen molar-refractivity contribution in [1.82, 2.24) is 4.98 Å². The minimum Gasteiger partial charge on any atom is -0.481 e. The molecule has 0 fully saturated rings. The number of rotatable bonds is 5. The molecular formula is C13H12ClNO2S2. The summed E-state index contributed by atoms with van der Waals surface area (Å²) < 4.78 is 0.897. The van der Waals surface area contributed by atoms with Crippen LogP contribution in [-0.2, 0) is 17.0 Å². The largest absolute Gasteiger partial charge is 0.481 e. The highest BCUT2D eigenvalue weighted by Gasteiger charge is 2.11. The van der Waals surface area contributed by atoms with E-state index in [0.717, 1.165) is 31.2 Å². The van der Waals surface area contributed by atoms with Crippen LogP contribution < -0.4 is 0 Å². The van der Waals surface area contributed by atoms with Crippen LogP contribution in [0, 0.1) is 6.92 Å². The molecule has 0 atom stereocenters. The van der Waals surface area contributed by atoms with E-state index < -0.39 is 5.97 Å². The summed E-state index contributed by atoms with van der Waals surface area (Å²) in [6.07, 6.45) is 0.0429. The van der Waals surface area contributed by atoms with Gasteiger partial charge >= 0.3 is 5.97 Å². The second kappa shape index (κ2) is 6.41. The van der Waals surface area contributed by atoms with Crippen LogP contribution in [0.3, 0.4) is 0 Å². The number of hydrogen-bond donors (Lipinski definition) is 1.